The molecule has 92 valence electrons. The lowest BCUT2D eigenvalue weighted by atomic mass is 10.1. The number of hydrogen-bond acceptors (Lipinski definition) is 6. The van der Waals surface area contributed by atoms with Gasteiger partial charge in [0.15, 0.2) is 11.5 Å². The highest BCUT2D eigenvalue weighted by Gasteiger charge is 2.15. The molecule has 7 heteroatoms. The first kappa shape index (κ1) is 11.6. The fourth-order valence-corrected chi connectivity index (χ4v) is 1.55. The molecule has 17 heavy (non-hydrogen) atoms. The molecule has 2 heterocycles. The van der Waals surface area contributed by atoms with Gasteiger partial charge in [-0.2, -0.15) is 9.97 Å². The third-order valence-electron chi connectivity index (χ3n) is 2.63. The van der Waals surface area contributed by atoms with Crippen LogP contribution in [0.5, 0.6) is 0 Å². The Kier molecular flexibility index (Phi) is 3.10. The second-order valence-electron chi connectivity index (χ2n) is 4.21. The summed E-state index contributed by atoms with van der Waals surface area (Å²) in [5.41, 5.74) is 6.81. The van der Waals surface area contributed by atoms with E-state index in [0.717, 1.165) is 0 Å². The summed E-state index contributed by atoms with van der Waals surface area (Å²) in [6.45, 7) is 4.06. The second kappa shape index (κ2) is 4.54. The van der Waals surface area contributed by atoms with Gasteiger partial charge in [0.1, 0.15) is 5.52 Å². The fourth-order valence-electron chi connectivity index (χ4n) is 1.55. The number of nitrogens with two attached hydrogens (primary N) is 1. The van der Waals surface area contributed by atoms with Crippen LogP contribution >= 0.6 is 0 Å². The zero-order chi connectivity index (χ0) is 12.4. The van der Waals surface area contributed by atoms with Crippen LogP contribution in [0.2, 0.25) is 0 Å². The Morgan fingerprint density at radius 3 is 2.88 bits per heavy atom. The lowest BCUT2D eigenvalue weighted by molar-refractivity contribution is 0.249. The Morgan fingerprint density at radius 1 is 1.47 bits per heavy atom. The fraction of sp³-hybridized carbons (Fsp3) is 0.500. The number of nitrogen functional groups attached to an aromatic ring is 1. The van der Waals surface area contributed by atoms with Crippen LogP contribution in [0.15, 0.2) is 6.33 Å². The van der Waals surface area contributed by atoms with Crippen molar-refractivity contribution in [2.75, 3.05) is 17.7 Å². The van der Waals surface area contributed by atoms with E-state index in [-0.39, 0.29) is 24.5 Å². The number of aliphatic hydroxyl groups is 1. The Balaban J connectivity index is 2.37. The number of aliphatic hydroxyl groups excluding tert-OH is 1. The largest absolute Gasteiger partial charge is 0.394 e. The van der Waals surface area contributed by atoms with Gasteiger partial charge in [-0.05, 0) is 5.92 Å². The van der Waals surface area contributed by atoms with E-state index in [1.165, 1.54) is 6.33 Å². The van der Waals surface area contributed by atoms with E-state index in [1.54, 1.807) is 0 Å². The molecule has 0 aromatic carbocycles. The third kappa shape index (κ3) is 2.28. The number of aromatic amines is 1. The van der Waals surface area contributed by atoms with Crippen molar-refractivity contribution in [1.29, 1.82) is 0 Å². The smallest absolute Gasteiger partial charge is 0.224 e. The molecule has 0 aliphatic carbocycles. The molecule has 0 aliphatic rings. The molecule has 0 unspecified atom stereocenters. The van der Waals surface area contributed by atoms with Gasteiger partial charge in [0, 0.05) is 0 Å². The summed E-state index contributed by atoms with van der Waals surface area (Å²) in [6, 6.07) is -0.0872. The average molecular weight is 236 g/mol. The van der Waals surface area contributed by atoms with Crippen molar-refractivity contribution in [3.05, 3.63) is 6.33 Å². The number of anilines is 2. The van der Waals surface area contributed by atoms with Crippen LogP contribution in [0.3, 0.4) is 0 Å². The Morgan fingerprint density at radius 2 is 2.24 bits per heavy atom. The highest BCUT2D eigenvalue weighted by Crippen LogP contribution is 2.19. The van der Waals surface area contributed by atoms with Crippen LogP contribution in [0.25, 0.3) is 11.2 Å². The molecule has 0 amide bonds. The van der Waals surface area contributed by atoms with E-state index in [4.69, 9.17) is 5.73 Å². The predicted octanol–water partition coefficient (Wildman–Crippen LogP) is 0.364. The van der Waals surface area contributed by atoms with Gasteiger partial charge in [-0.1, -0.05) is 13.8 Å². The molecule has 0 aliphatic heterocycles. The summed E-state index contributed by atoms with van der Waals surface area (Å²) < 4.78 is 0. The van der Waals surface area contributed by atoms with Gasteiger partial charge in [0.2, 0.25) is 5.95 Å². The number of rotatable bonds is 4. The van der Waals surface area contributed by atoms with Crippen LogP contribution in [0.4, 0.5) is 11.8 Å². The number of nitrogens with one attached hydrogen (secondary N) is 2. The van der Waals surface area contributed by atoms with Crippen molar-refractivity contribution in [1.82, 2.24) is 19.9 Å². The number of fused-ring (bicyclic) bond motifs is 1. The van der Waals surface area contributed by atoms with E-state index in [9.17, 15) is 5.11 Å². The quantitative estimate of drug-likeness (QED) is 0.610. The van der Waals surface area contributed by atoms with Crippen molar-refractivity contribution < 1.29 is 5.11 Å². The monoisotopic (exact) mass is 236 g/mol. The Hall–Kier alpha value is -1.89. The Labute approximate surface area is 98.5 Å². The standard InChI is InChI=1S/C10H16N6O/c1-5(2)6(3-17)14-9-7-8(13-4-12-7)15-10(11)16-9/h4-6,17H,3H2,1-2H3,(H4,11,12,13,14,15,16)/t6-/m1/s1. The molecule has 0 saturated heterocycles. The maximum Gasteiger partial charge on any atom is 0.224 e. The van der Waals surface area contributed by atoms with Crippen molar-refractivity contribution in [2.45, 2.75) is 19.9 Å². The minimum absolute atomic E-state index is 0.0250. The van der Waals surface area contributed by atoms with Crippen LogP contribution in [0.1, 0.15) is 13.8 Å². The van der Waals surface area contributed by atoms with E-state index < -0.39 is 0 Å². The zero-order valence-corrected chi connectivity index (χ0v) is 9.81. The molecule has 0 saturated carbocycles. The molecule has 1 atom stereocenters. The molecule has 2 aromatic rings. The van der Waals surface area contributed by atoms with E-state index in [0.29, 0.717) is 17.0 Å². The topological polar surface area (TPSA) is 113 Å². The molecule has 0 spiro atoms. The number of hydrogen-bond donors (Lipinski definition) is 4. The first-order chi connectivity index (χ1) is 8.11. The van der Waals surface area contributed by atoms with Crippen molar-refractivity contribution in [2.24, 2.45) is 5.92 Å². The van der Waals surface area contributed by atoms with E-state index >= 15 is 0 Å². The summed E-state index contributed by atoms with van der Waals surface area (Å²) >= 11 is 0. The molecule has 7 nitrogen and oxygen atoms in total. The number of nitrogens with zero attached hydrogens (tertiary/aromatic N) is 3. The second-order valence-corrected chi connectivity index (χ2v) is 4.21. The minimum atomic E-state index is -0.0872. The van der Waals surface area contributed by atoms with Gasteiger partial charge < -0.3 is 21.1 Å². The van der Waals surface area contributed by atoms with Gasteiger partial charge in [-0.3, -0.25) is 0 Å². The minimum Gasteiger partial charge on any atom is -0.394 e. The normalized spacial score (nSPS) is 13.2. The molecule has 5 N–H and O–H groups in total. The summed E-state index contributed by atoms with van der Waals surface area (Å²) in [7, 11) is 0. The van der Waals surface area contributed by atoms with E-state index in [1.807, 2.05) is 13.8 Å². The summed E-state index contributed by atoms with van der Waals surface area (Å²) in [4.78, 5) is 15.1. The summed E-state index contributed by atoms with van der Waals surface area (Å²) in [5.74, 6) is 0.999. The van der Waals surface area contributed by atoms with E-state index in [2.05, 4.69) is 25.3 Å². The Bertz CT molecular complexity index is 508. The highest BCUT2D eigenvalue weighted by molar-refractivity contribution is 5.83. The average Bonchev–Trinajstić information content (AvgIpc) is 2.72. The molecule has 2 rings (SSSR count). The maximum atomic E-state index is 9.29. The molecule has 2 aromatic heterocycles. The third-order valence-corrected chi connectivity index (χ3v) is 2.63. The van der Waals surface area contributed by atoms with Gasteiger partial charge in [-0.25, -0.2) is 4.98 Å². The van der Waals surface area contributed by atoms with Gasteiger partial charge in [-0.15, -0.1) is 0 Å². The van der Waals surface area contributed by atoms with Gasteiger partial charge >= 0.3 is 0 Å². The number of imidazole rings is 1. The van der Waals surface area contributed by atoms with Crippen molar-refractivity contribution >= 4 is 22.9 Å². The van der Waals surface area contributed by atoms with Crippen LogP contribution in [0, 0.1) is 5.92 Å². The lowest BCUT2D eigenvalue weighted by Gasteiger charge is -2.20. The molecule has 0 radical (unpaired) electrons. The maximum absolute atomic E-state index is 9.29. The van der Waals surface area contributed by atoms with Gasteiger partial charge in [0.25, 0.3) is 0 Å². The van der Waals surface area contributed by atoms with Crippen LogP contribution < -0.4 is 11.1 Å². The molecular weight excluding hydrogens is 220 g/mol. The van der Waals surface area contributed by atoms with Crippen molar-refractivity contribution in [3.63, 3.8) is 0 Å². The number of aromatic nitrogens is 4. The predicted molar refractivity (Wildman–Crippen MR) is 65.4 cm³/mol. The molecule has 0 bridgehead atoms. The SMILES string of the molecule is CC(C)[C@@H](CO)Nc1nc(N)nc2nc[nH]c12. The summed E-state index contributed by atoms with van der Waals surface area (Å²) in [6.07, 6.45) is 1.54. The van der Waals surface area contributed by atoms with Crippen LogP contribution in [-0.4, -0.2) is 37.7 Å². The molecular formula is C10H16N6O. The van der Waals surface area contributed by atoms with Gasteiger partial charge in [0.05, 0.1) is 19.0 Å². The van der Waals surface area contributed by atoms with Crippen molar-refractivity contribution in [3.8, 4) is 0 Å². The first-order valence-corrected chi connectivity index (χ1v) is 5.45. The lowest BCUT2D eigenvalue weighted by Crippen LogP contribution is -2.30. The zero-order valence-electron chi connectivity index (χ0n) is 9.81. The van der Waals surface area contributed by atoms with Crippen LogP contribution in [-0.2, 0) is 0 Å². The summed E-state index contributed by atoms with van der Waals surface area (Å²) in [5, 5.41) is 12.4. The molecule has 0 fully saturated rings. The number of H-pyrrole nitrogens is 1. The highest BCUT2D eigenvalue weighted by atomic mass is 16.3. The first-order valence-electron chi connectivity index (χ1n) is 5.45.